The van der Waals surface area contributed by atoms with Crippen molar-refractivity contribution in [1.29, 1.82) is 0 Å². The molecule has 1 heteroatoms. The number of hydrogen-bond acceptors (Lipinski definition) is 1. The van der Waals surface area contributed by atoms with Crippen LogP contribution in [0.1, 0.15) is 17.3 Å². The zero-order valence-electron chi connectivity index (χ0n) is 9.60. The van der Waals surface area contributed by atoms with Gasteiger partial charge in [-0.1, -0.05) is 48.5 Å². The Hall–Kier alpha value is -2.15. The number of benzene rings is 3. The standard InChI is InChI=1S/C16H12O/c1-11(17)13-8-9-16-14(10-13)7-6-12-4-2-3-5-15(12)16/h2-10H,1H3. The summed E-state index contributed by atoms with van der Waals surface area (Å²) >= 11 is 0. The van der Waals surface area contributed by atoms with E-state index < -0.39 is 0 Å². The quantitative estimate of drug-likeness (QED) is 0.444. The van der Waals surface area contributed by atoms with Crippen LogP contribution < -0.4 is 0 Å². The second-order valence-electron chi connectivity index (χ2n) is 4.28. The van der Waals surface area contributed by atoms with Crippen LogP contribution in [0.4, 0.5) is 0 Å². The van der Waals surface area contributed by atoms with E-state index >= 15 is 0 Å². The topological polar surface area (TPSA) is 17.1 Å². The van der Waals surface area contributed by atoms with Crippen molar-refractivity contribution in [2.24, 2.45) is 0 Å². The third-order valence-electron chi connectivity index (χ3n) is 3.15. The van der Waals surface area contributed by atoms with E-state index in [0.717, 1.165) is 10.9 Å². The van der Waals surface area contributed by atoms with E-state index in [4.69, 9.17) is 0 Å². The number of carbonyl (C=O) groups is 1. The molecule has 1 nitrogen and oxygen atoms in total. The van der Waals surface area contributed by atoms with Gasteiger partial charge in [0.25, 0.3) is 0 Å². The highest BCUT2D eigenvalue weighted by Crippen LogP contribution is 2.26. The van der Waals surface area contributed by atoms with Crippen LogP contribution >= 0.6 is 0 Å². The second-order valence-corrected chi connectivity index (χ2v) is 4.28. The third kappa shape index (κ3) is 1.60. The molecular formula is C16H12O. The molecule has 3 aromatic rings. The molecular weight excluding hydrogens is 208 g/mol. The van der Waals surface area contributed by atoms with Gasteiger partial charge >= 0.3 is 0 Å². The highest BCUT2D eigenvalue weighted by atomic mass is 16.1. The van der Waals surface area contributed by atoms with Gasteiger partial charge in [0.05, 0.1) is 0 Å². The highest BCUT2D eigenvalue weighted by Gasteiger charge is 2.03. The van der Waals surface area contributed by atoms with E-state index in [1.807, 2.05) is 30.3 Å². The second kappa shape index (κ2) is 3.70. The van der Waals surface area contributed by atoms with Gasteiger partial charge in [-0.15, -0.1) is 0 Å². The molecule has 0 amide bonds. The van der Waals surface area contributed by atoms with Crippen molar-refractivity contribution in [3.8, 4) is 0 Å². The normalized spacial score (nSPS) is 10.9. The Morgan fingerprint density at radius 3 is 2.35 bits per heavy atom. The van der Waals surface area contributed by atoms with Crippen LogP contribution in [0, 0.1) is 0 Å². The average Bonchev–Trinajstić information content (AvgIpc) is 2.38. The summed E-state index contributed by atoms with van der Waals surface area (Å²) in [6.07, 6.45) is 0. The number of fused-ring (bicyclic) bond motifs is 3. The molecule has 0 aliphatic rings. The molecule has 3 rings (SSSR count). The van der Waals surface area contributed by atoms with E-state index in [1.54, 1.807) is 6.92 Å². The summed E-state index contributed by atoms with van der Waals surface area (Å²) in [6.45, 7) is 1.60. The number of hydrogen-bond donors (Lipinski definition) is 0. The van der Waals surface area contributed by atoms with Crippen molar-refractivity contribution in [3.05, 3.63) is 60.2 Å². The Balaban J connectivity index is 2.41. The van der Waals surface area contributed by atoms with E-state index in [2.05, 4.69) is 24.3 Å². The predicted molar refractivity (Wildman–Crippen MR) is 71.5 cm³/mol. The summed E-state index contributed by atoms with van der Waals surface area (Å²) in [7, 11) is 0. The molecule has 0 radical (unpaired) electrons. The summed E-state index contributed by atoms with van der Waals surface area (Å²) < 4.78 is 0. The fourth-order valence-corrected chi connectivity index (χ4v) is 2.23. The molecule has 82 valence electrons. The van der Waals surface area contributed by atoms with E-state index in [0.29, 0.717) is 0 Å². The summed E-state index contributed by atoms with van der Waals surface area (Å²) in [5.74, 6) is 0.111. The number of rotatable bonds is 1. The monoisotopic (exact) mass is 220 g/mol. The molecule has 0 N–H and O–H groups in total. The van der Waals surface area contributed by atoms with Gasteiger partial charge in [-0.2, -0.15) is 0 Å². The van der Waals surface area contributed by atoms with Crippen molar-refractivity contribution in [1.82, 2.24) is 0 Å². The van der Waals surface area contributed by atoms with Crippen LogP contribution in [0.3, 0.4) is 0 Å². The predicted octanol–water partition coefficient (Wildman–Crippen LogP) is 4.20. The van der Waals surface area contributed by atoms with Gasteiger partial charge in [0, 0.05) is 5.56 Å². The zero-order chi connectivity index (χ0) is 11.8. The van der Waals surface area contributed by atoms with Gasteiger partial charge in [-0.25, -0.2) is 0 Å². The fraction of sp³-hybridized carbons (Fsp3) is 0.0625. The zero-order valence-corrected chi connectivity index (χ0v) is 9.60. The number of Topliss-reactive ketones (excluding diaryl/α,β-unsaturated/α-hetero) is 1. The van der Waals surface area contributed by atoms with Crippen molar-refractivity contribution >= 4 is 27.3 Å². The lowest BCUT2D eigenvalue weighted by atomic mass is 9.99. The summed E-state index contributed by atoms with van der Waals surface area (Å²) in [5.41, 5.74) is 0.771. The maximum atomic E-state index is 11.4. The molecule has 0 bridgehead atoms. The lowest BCUT2D eigenvalue weighted by Gasteiger charge is -2.05. The highest BCUT2D eigenvalue weighted by molar-refractivity contribution is 6.09. The minimum atomic E-state index is 0.111. The molecule has 0 atom stereocenters. The molecule has 0 spiro atoms. The number of carbonyl (C=O) groups excluding carboxylic acids is 1. The van der Waals surface area contributed by atoms with Crippen LogP contribution in [0.15, 0.2) is 54.6 Å². The van der Waals surface area contributed by atoms with Crippen molar-refractivity contribution in [2.45, 2.75) is 6.92 Å². The van der Waals surface area contributed by atoms with Crippen LogP contribution in [0.25, 0.3) is 21.5 Å². The van der Waals surface area contributed by atoms with E-state index in [-0.39, 0.29) is 5.78 Å². The van der Waals surface area contributed by atoms with Gasteiger partial charge in [0.15, 0.2) is 5.78 Å². The first-order chi connectivity index (χ1) is 8.25. The maximum absolute atomic E-state index is 11.4. The first-order valence-electron chi connectivity index (χ1n) is 5.68. The van der Waals surface area contributed by atoms with Gasteiger partial charge in [-0.3, -0.25) is 4.79 Å². The van der Waals surface area contributed by atoms with Crippen LogP contribution in [-0.2, 0) is 0 Å². The summed E-state index contributed by atoms with van der Waals surface area (Å²) in [6, 6.07) is 18.4. The fourth-order valence-electron chi connectivity index (χ4n) is 2.23. The Morgan fingerprint density at radius 1 is 0.824 bits per heavy atom. The molecule has 0 aliphatic heterocycles. The lowest BCUT2D eigenvalue weighted by molar-refractivity contribution is 0.101. The van der Waals surface area contributed by atoms with Gasteiger partial charge in [-0.05, 0) is 34.5 Å². The molecule has 0 fully saturated rings. The first-order valence-corrected chi connectivity index (χ1v) is 5.68. The molecule has 0 aliphatic carbocycles. The Kier molecular flexibility index (Phi) is 2.19. The van der Waals surface area contributed by atoms with E-state index in [1.165, 1.54) is 16.2 Å². The van der Waals surface area contributed by atoms with Gasteiger partial charge in [0.2, 0.25) is 0 Å². The molecule has 0 saturated heterocycles. The van der Waals surface area contributed by atoms with Crippen molar-refractivity contribution < 1.29 is 4.79 Å². The minimum Gasteiger partial charge on any atom is -0.295 e. The molecule has 0 unspecified atom stereocenters. The van der Waals surface area contributed by atoms with Crippen LogP contribution in [-0.4, -0.2) is 5.78 Å². The van der Waals surface area contributed by atoms with Gasteiger partial charge in [0.1, 0.15) is 0 Å². The Morgan fingerprint density at radius 2 is 1.53 bits per heavy atom. The summed E-state index contributed by atoms with van der Waals surface area (Å²) in [4.78, 5) is 11.4. The largest absolute Gasteiger partial charge is 0.295 e. The van der Waals surface area contributed by atoms with Crippen LogP contribution in [0.5, 0.6) is 0 Å². The van der Waals surface area contributed by atoms with Crippen molar-refractivity contribution in [3.63, 3.8) is 0 Å². The minimum absolute atomic E-state index is 0.111. The molecule has 17 heavy (non-hydrogen) atoms. The number of ketones is 1. The Labute approximate surface area is 99.7 Å². The van der Waals surface area contributed by atoms with E-state index in [9.17, 15) is 4.79 Å². The SMILES string of the molecule is CC(=O)c1ccc2c(ccc3ccccc32)c1. The summed E-state index contributed by atoms with van der Waals surface area (Å²) in [5, 5.41) is 4.79. The van der Waals surface area contributed by atoms with Crippen molar-refractivity contribution in [2.75, 3.05) is 0 Å². The average molecular weight is 220 g/mol. The van der Waals surface area contributed by atoms with Crippen LogP contribution in [0.2, 0.25) is 0 Å². The Bertz CT molecular complexity index is 726. The van der Waals surface area contributed by atoms with Gasteiger partial charge < -0.3 is 0 Å². The molecule has 0 heterocycles. The maximum Gasteiger partial charge on any atom is 0.159 e. The molecule has 3 aromatic carbocycles. The molecule has 0 saturated carbocycles. The third-order valence-corrected chi connectivity index (χ3v) is 3.15. The first kappa shape index (κ1) is 10.0. The lowest BCUT2D eigenvalue weighted by Crippen LogP contribution is -1.91. The molecule has 0 aromatic heterocycles. The smallest absolute Gasteiger partial charge is 0.159 e.